The largest absolute Gasteiger partial charge is 0.345 e. The maximum Gasteiger partial charge on any atom is 0.253 e. The minimum Gasteiger partial charge on any atom is -0.345 e. The van der Waals surface area contributed by atoms with E-state index in [9.17, 15) is 14.0 Å². The number of nitrogens with one attached hydrogen (secondary N) is 2. The summed E-state index contributed by atoms with van der Waals surface area (Å²) < 4.78 is 15.5. The molecule has 2 N–H and O–H groups in total. The first-order valence-corrected chi connectivity index (χ1v) is 13.0. The molecule has 0 spiro atoms. The highest BCUT2D eigenvalue weighted by Crippen LogP contribution is 2.28. The zero-order valence-electron chi connectivity index (χ0n) is 18.6. The van der Waals surface area contributed by atoms with Gasteiger partial charge < -0.3 is 10.6 Å². The maximum absolute atomic E-state index is 13.9. The number of benzene rings is 3. The summed E-state index contributed by atoms with van der Waals surface area (Å²) in [5, 5.41) is 15.2. The van der Waals surface area contributed by atoms with Gasteiger partial charge in [-0.05, 0) is 48.5 Å². The number of thioether (sulfide) groups is 1. The Labute approximate surface area is 235 Å². The average Bonchev–Trinajstić information content (AvgIpc) is 3.27. The first-order chi connectivity index (χ1) is 17.7. The Morgan fingerprint density at radius 1 is 0.919 bits per heavy atom. The SMILES string of the molecule is O=C(CSc1nnc(CNC(=O)c2ccc(Cl)cc2Cl)n1-c1ccc(Cl)c(Cl)c1)Nc1ccccc1F. The molecule has 4 rings (SSSR count). The van der Waals surface area contributed by atoms with Crippen LogP contribution in [0.4, 0.5) is 10.1 Å². The molecule has 0 fully saturated rings. The van der Waals surface area contributed by atoms with Gasteiger partial charge in [0.25, 0.3) is 5.91 Å². The van der Waals surface area contributed by atoms with Gasteiger partial charge in [0.15, 0.2) is 11.0 Å². The van der Waals surface area contributed by atoms with Gasteiger partial charge >= 0.3 is 0 Å². The van der Waals surface area contributed by atoms with Gasteiger partial charge in [0.1, 0.15) is 5.82 Å². The number of hydrogen-bond acceptors (Lipinski definition) is 5. The van der Waals surface area contributed by atoms with Crippen molar-refractivity contribution in [3.05, 3.63) is 98.0 Å². The predicted molar refractivity (Wildman–Crippen MR) is 145 cm³/mol. The molecule has 1 heterocycles. The molecular formula is C24H16Cl4FN5O2S. The molecule has 0 aliphatic heterocycles. The Balaban J connectivity index is 1.55. The summed E-state index contributed by atoms with van der Waals surface area (Å²) in [6.07, 6.45) is 0. The predicted octanol–water partition coefficient (Wildman–Crippen LogP) is 6.68. The quantitative estimate of drug-likeness (QED) is 0.221. The van der Waals surface area contributed by atoms with Gasteiger partial charge in [0.2, 0.25) is 5.91 Å². The summed E-state index contributed by atoms with van der Waals surface area (Å²) in [5.74, 6) is -1.15. The molecule has 0 aliphatic rings. The van der Waals surface area contributed by atoms with E-state index < -0.39 is 17.6 Å². The minimum absolute atomic E-state index is 0.0208. The minimum atomic E-state index is -0.543. The van der Waals surface area contributed by atoms with Gasteiger partial charge in [0, 0.05) is 5.02 Å². The van der Waals surface area contributed by atoms with E-state index in [0.29, 0.717) is 31.7 Å². The third kappa shape index (κ3) is 6.74. The summed E-state index contributed by atoms with van der Waals surface area (Å²) in [4.78, 5) is 25.1. The van der Waals surface area contributed by atoms with Crippen molar-refractivity contribution < 1.29 is 14.0 Å². The Morgan fingerprint density at radius 2 is 1.70 bits per heavy atom. The van der Waals surface area contributed by atoms with Gasteiger partial charge in [0.05, 0.1) is 44.3 Å². The summed E-state index contributed by atoms with van der Waals surface area (Å²) in [6, 6.07) is 15.3. The summed E-state index contributed by atoms with van der Waals surface area (Å²) in [6.45, 7) is -0.0208. The second-order valence-corrected chi connectivity index (χ2v) is 10.1. The zero-order chi connectivity index (χ0) is 26.5. The molecular weight excluding hydrogens is 583 g/mol. The van der Waals surface area contributed by atoms with Crippen LogP contribution in [0.2, 0.25) is 20.1 Å². The lowest BCUT2D eigenvalue weighted by Gasteiger charge is -2.12. The average molecular weight is 599 g/mol. The zero-order valence-corrected chi connectivity index (χ0v) is 22.5. The van der Waals surface area contributed by atoms with Crippen molar-refractivity contribution in [2.45, 2.75) is 11.7 Å². The van der Waals surface area contributed by atoms with Crippen molar-refractivity contribution in [1.82, 2.24) is 20.1 Å². The molecule has 0 atom stereocenters. The van der Waals surface area contributed by atoms with Crippen LogP contribution in [-0.4, -0.2) is 32.3 Å². The lowest BCUT2D eigenvalue weighted by atomic mass is 10.2. The normalized spacial score (nSPS) is 10.8. The fraction of sp³-hybridized carbons (Fsp3) is 0.0833. The molecule has 2 amide bonds. The van der Waals surface area contributed by atoms with Crippen LogP contribution < -0.4 is 10.6 Å². The van der Waals surface area contributed by atoms with Crippen LogP contribution in [-0.2, 0) is 11.3 Å². The van der Waals surface area contributed by atoms with Crippen molar-refractivity contribution in [1.29, 1.82) is 0 Å². The topological polar surface area (TPSA) is 88.9 Å². The second kappa shape index (κ2) is 12.1. The van der Waals surface area contributed by atoms with Crippen molar-refractivity contribution >= 4 is 75.7 Å². The lowest BCUT2D eigenvalue weighted by molar-refractivity contribution is -0.113. The first kappa shape index (κ1) is 27.2. The smallest absolute Gasteiger partial charge is 0.253 e. The molecule has 0 saturated carbocycles. The van der Waals surface area contributed by atoms with Crippen molar-refractivity contribution in [3.63, 3.8) is 0 Å². The number of hydrogen-bond donors (Lipinski definition) is 2. The number of anilines is 1. The molecule has 0 saturated heterocycles. The molecule has 4 aromatic rings. The third-order valence-corrected chi connectivity index (χ3v) is 7.14. The van der Waals surface area contributed by atoms with E-state index in [2.05, 4.69) is 20.8 Å². The van der Waals surface area contributed by atoms with E-state index >= 15 is 0 Å². The summed E-state index contributed by atoms with van der Waals surface area (Å²) in [5.41, 5.74) is 0.875. The number of halogens is 5. The van der Waals surface area contributed by atoms with Gasteiger partial charge in [-0.1, -0.05) is 70.3 Å². The molecule has 0 bridgehead atoms. The van der Waals surface area contributed by atoms with Crippen molar-refractivity contribution in [2.75, 3.05) is 11.1 Å². The van der Waals surface area contributed by atoms with E-state index in [4.69, 9.17) is 46.4 Å². The standard InChI is InChI=1S/C24H16Cl4FN5O2S/c25-13-5-7-15(17(27)9-13)23(36)30-11-21-32-33-24(34(21)14-6-8-16(26)18(28)10-14)37-12-22(35)31-20-4-2-1-3-19(20)29/h1-10H,11-12H2,(H,30,36)(H,31,35). The molecule has 3 aromatic carbocycles. The van der Waals surface area contributed by atoms with Crippen LogP contribution in [0.25, 0.3) is 5.69 Å². The maximum atomic E-state index is 13.9. The van der Waals surface area contributed by atoms with E-state index in [0.717, 1.165) is 11.8 Å². The number of carbonyl (C=O) groups is 2. The number of aromatic nitrogens is 3. The van der Waals surface area contributed by atoms with Crippen molar-refractivity contribution in [3.8, 4) is 5.69 Å². The van der Waals surface area contributed by atoms with Crippen LogP contribution >= 0.6 is 58.2 Å². The highest BCUT2D eigenvalue weighted by Gasteiger charge is 2.19. The molecule has 0 aliphatic carbocycles. The van der Waals surface area contributed by atoms with Crippen LogP contribution in [0.15, 0.2) is 65.8 Å². The number of carbonyl (C=O) groups excluding carboxylic acids is 2. The molecule has 0 unspecified atom stereocenters. The van der Waals surface area contributed by atoms with E-state index in [1.165, 1.54) is 30.3 Å². The Kier molecular flexibility index (Phi) is 8.94. The number of amides is 2. The fourth-order valence-corrected chi connectivity index (χ4v) is 4.76. The Bertz CT molecular complexity index is 1480. The van der Waals surface area contributed by atoms with Gasteiger partial charge in [-0.25, -0.2) is 4.39 Å². The van der Waals surface area contributed by atoms with Crippen LogP contribution in [0.5, 0.6) is 0 Å². The van der Waals surface area contributed by atoms with Crippen molar-refractivity contribution in [2.24, 2.45) is 0 Å². The summed E-state index contributed by atoms with van der Waals surface area (Å²) >= 11 is 25.4. The molecule has 1 aromatic heterocycles. The van der Waals surface area contributed by atoms with Gasteiger partial charge in [-0.3, -0.25) is 14.2 Å². The fourth-order valence-electron chi connectivity index (χ4n) is 3.20. The molecule has 37 heavy (non-hydrogen) atoms. The number of nitrogens with zero attached hydrogens (tertiary/aromatic N) is 3. The number of rotatable bonds is 8. The molecule has 0 radical (unpaired) electrons. The molecule has 7 nitrogen and oxygen atoms in total. The second-order valence-electron chi connectivity index (χ2n) is 7.46. The Hall–Kier alpha value is -2.82. The van der Waals surface area contributed by atoms with Gasteiger partial charge in [-0.2, -0.15) is 0 Å². The lowest BCUT2D eigenvalue weighted by Crippen LogP contribution is -2.25. The highest BCUT2D eigenvalue weighted by molar-refractivity contribution is 7.99. The van der Waals surface area contributed by atoms with Crippen LogP contribution in [0.1, 0.15) is 16.2 Å². The van der Waals surface area contributed by atoms with Crippen LogP contribution in [0, 0.1) is 5.82 Å². The first-order valence-electron chi connectivity index (χ1n) is 10.5. The molecule has 13 heteroatoms. The number of para-hydroxylation sites is 1. The monoisotopic (exact) mass is 597 g/mol. The van der Waals surface area contributed by atoms with Crippen LogP contribution in [0.3, 0.4) is 0 Å². The molecule has 190 valence electrons. The Morgan fingerprint density at radius 3 is 2.43 bits per heavy atom. The van der Waals surface area contributed by atoms with E-state index in [1.54, 1.807) is 34.9 Å². The van der Waals surface area contributed by atoms with E-state index in [-0.39, 0.29) is 28.6 Å². The summed E-state index contributed by atoms with van der Waals surface area (Å²) in [7, 11) is 0. The van der Waals surface area contributed by atoms with Gasteiger partial charge in [-0.15, -0.1) is 10.2 Å². The van der Waals surface area contributed by atoms with E-state index in [1.807, 2.05) is 0 Å². The third-order valence-electron chi connectivity index (χ3n) is 4.92. The highest BCUT2D eigenvalue weighted by atomic mass is 35.5.